The largest absolute Gasteiger partial charge is 0.318 e. The first kappa shape index (κ1) is 19.7. The van der Waals surface area contributed by atoms with Gasteiger partial charge in [-0.25, -0.2) is 4.90 Å². The molecule has 8 heteroatoms. The molecule has 1 fully saturated rings. The van der Waals surface area contributed by atoms with Gasteiger partial charge in [-0.1, -0.05) is 18.2 Å². The van der Waals surface area contributed by atoms with Crippen LogP contribution in [0, 0.1) is 24.0 Å². The average molecular weight is 419 g/mol. The number of imide groups is 1. The number of nitrogens with zero attached hydrogens (tertiary/aromatic N) is 3. The van der Waals surface area contributed by atoms with Crippen molar-refractivity contribution in [1.82, 2.24) is 4.57 Å². The Bertz CT molecular complexity index is 1200. The molecular formula is C22H17N3O4S. The number of thioether (sulfide) groups is 1. The van der Waals surface area contributed by atoms with Crippen molar-refractivity contribution < 1.29 is 14.5 Å². The third-order valence-corrected chi connectivity index (χ3v) is 5.75. The molecule has 0 spiro atoms. The lowest BCUT2D eigenvalue weighted by molar-refractivity contribution is -0.384. The lowest BCUT2D eigenvalue weighted by atomic mass is 10.2. The van der Waals surface area contributed by atoms with Gasteiger partial charge < -0.3 is 4.57 Å². The molecule has 2 amide bonds. The molecule has 0 atom stereocenters. The molecule has 1 aromatic heterocycles. The number of aryl methyl sites for hydroxylation is 1. The molecule has 150 valence electrons. The highest BCUT2D eigenvalue weighted by atomic mass is 32.2. The Morgan fingerprint density at radius 1 is 0.967 bits per heavy atom. The van der Waals surface area contributed by atoms with E-state index in [1.807, 2.05) is 30.5 Å². The predicted molar refractivity (Wildman–Crippen MR) is 117 cm³/mol. The van der Waals surface area contributed by atoms with Crippen LogP contribution in [0.15, 0.2) is 65.6 Å². The van der Waals surface area contributed by atoms with E-state index in [2.05, 4.69) is 0 Å². The minimum Gasteiger partial charge on any atom is -0.318 e. The number of benzene rings is 2. The summed E-state index contributed by atoms with van der Waals surface area (Å²) in [7, 11) is 0. The van der Waals surface area contributed by atoms with Crippen molar-refractivity contribution in [2.45, 2.75) is 13.8 Å². The number of nitro benzene ring substituents is 1. The number of para-hydroxylation sites is 1. The van der Waals surface area contributed by atoms with Gasteiger partial charge in [0.25, 0.3) is 16.8 Å². The van der Waals surface area contributed by atoms with Gasteiger partial charge in [-0.15, -0.1) is 0 Å². The van der Waals surface area contributed by atoms with Gasteiger partial charge in [-0.3, -0.25) is 19.7 Å². The molecule has 0 bridgehead atoms. The van der Waals surface area contributed by atoms with Gasteiger partial charge in [0.15, 0.2) is 0 Å². The number of aromatic nitrogens is 1. The summed E-state index contributed by atoms with van der Waals surface area (Å²) in [6.07, 6.45) is 1.72. The van der Waals surface area contributed by atoms with Crippen molar-refractivity contribution in [3.63, 3.8) is 0 Å². The second kappa shape index (κ2) is 7.64. The number of anilines is 1. The number of nitro groups is 1. The van der Waals surface area contributed by atoms with Gasteiger partial charge in [-0.05, 0) is 67.6 Å². The van der Waals surface area contributed by atoms with Crippen LogP contribution in [0.4, 0.5) is 16.2 Å². The average Bonchev–Trinajstić information content (AvgIpc) is 3.17. The number of carbonyl (C=O) groups excluding carboxylic acids is 2. The Morgan fingerprint density at radius 3 is 2.27 bits per heavy atom. The van der Waals surface area contributed by atoms with Gasteiger partial charge in [0, 0.05) is 29.2 Å². The topological polar surface area (TPSA) is 85.5 Å². The second-order valence-electron chi connectivity index (χ2n) is 6.79. The fourth-order valence-electron chi connectivity index (χ4n) is 3.46. The van der Waals surface area contributed by atoms with Crippen LogP contribution in [0.25, 0.3) is 11.8 Å². The van der Waals surface area contributed by atoms with E-state index in [-0.39, 0.29) is 16.8 Å². The van der Waals surface area contributed by atoms with E-state index in [4.69, 9.17) is 0 Å². The van der Waals surface area contributed by atoms with Crippen LogP contribution in [-0.2, 0) is 4.79 Å². The number of hydrogen-bond acceptors (Lipinski definition) is 5. The summed E-state index contributed by atoms with van der Waals surface area (Å²) >= 11 is 0.911. The highest BCUT2D eigenvalue weighted by Crippen LogP contribution is 2.36. The zero-order valence-electron chi connectivity index (χ0n) is 16.2. The molecule has 1 aliphatic rings. The second-order valence-corrected chi connectivity index (χ2v) is 7.78. The molecule has 0 aliphatic carbocycles. The number of amides is 2. The SMILES string of the molecule is Cc1cc(C=C2SC(=O)N(c3ccccc3)C2=O)c(C)n1-c1ccc([N+](=O)[O-])cc1. The quantitative estimate of drug-likeness (QED) is 0.328. The summed E-state index contributed by atoms with van der Waals surface area (Å²) in [5.74, 6) is -0.351. The van der Waals surface area contributed by atoms with Crippen molar-refractivity contribution in [2.24, 2.45) is 0 Å². The van der Waals surface area contributed by atoms with Gasteiger partial charge in [-0.2, -0.15) is 0 Å². The summed E-state index contributed by atoms with van der Waals surface area (Å²) in [6, 6.07) is 17.0. The molecule has 0 unspecified atom stereocenters. The van der Waals surface area contributed by atoms with Crippen LogP contribution in [-0.4, -0.2) is 20.6 Å². The van der Waals surface area contributed by atoms with Crippen molar-refractivity contribution in [2.75, 3.05) is 4.90 Å². The molecule has 7 nitrogen and oxygen atoms in total. The number of non-ortho nitro benzene ring substituents is 1. The Kier molecular flexibility index (Phi) is 5.01. The zero-order valence-corrected chi connectivity index (χ0v) is 17.1. The van der Waals surface area contributed by atoms with Crippen LogP contribution in [0.1, 0.15) is 17.0 Å². The molecule has 1 aliphatic heterocycles. The standard InChI is InChI=1S/C22H17N3O4S/c1-14-12-16(15(2)23(14)18-8-10-19(11-9-18)25(28)29)13-20-21(26)24(22(27)30-20)17-6-4-3-5-7-17/h3-13H,1-2H3. The van der Waals surface area contributed by atoms with E-state index in [1.54, 1.807) is 42.5 Å². The summed E-state index contributed by atoms with van der Waals surface area (Å²) in [5.41, 5.74) is 3.94. The third-order valence-electron chi connectivity index (χ3n) is 4.88. The Labute approximate surface area is 176 Å². The van der Waals surface area contributed by atoms with Gasteiger partial charge in [0.05, 0.1) is 15.5 Å². The lowest BCUT2D eigenvalue weighted by Gasteiger charge is -2.11. The third kappa shape index (κ3) is 3.42. The number of carbonyl (C=O) groups is 2. The summed E-state index contributed by atoms with van der Waals surface area (Å²) in [4.78, 5) is 37.2. The molecule has 0 saturated carbocycles. The molecule has 30 heavy (non-hydrogen) atoms. The number of rotatable bonds is 4. The van der Waals surface area contributed by atoms with Crippen molar-refractivity contribution in [1.29, 1.82) is 0 Å². The maximum absolute atomic E-state index is 12.8. The summed E-state index contributed by atoms with van der Waals surface area (Å²) in [5, 5.41) is 10.6. The summed E-state index contributed by atoms with van der Waals surface area (Å²) in [6.45, 7) is 3.82. The van der Waals surface area contributed by atoms with E-state index in [0.717, 1.165) is 34.4 Å². The maximum atomic E-state index is 12.8. The predicted octanol–water partition coefficient (Wildman–Crippen LogP) is 5.24. The first-order valence-electron chi connectivity index (χ1n) is 9.13. The highest BCUT2D eigenvalue weighted by molar-refractivity contribution is 8.19. The zero-order chi connectivity index (χ0) is 21.4. The Balaban J connectivity index is 1.68. The fraction of sp³-hybridized carbons (Fsp3) is 0.0909. The van der Waals surface area contributed by atoms with Gasteiger partial charge in [0.2, 0.25) is 0 Å². The number of hydrogen-bond donors (Lipinski definition) is 0. The van der Waals surface area contributed by atoms with Crippen LogP contribution in [0.5, 0.6) is 0 Å². The molecule has 1 saturated heterocycles. The first-order valence-corrected chi connectivity index (χ1v) is 9.95. The van der Waals surface area contributed by atoms with Crippen LogP contribution >= 0.6 is 11.8 Å². The molecule has 2 heterocycles. The highest BCUT2D eigenvalue weighted by Gasteiger charge is 2.36. The van der Waals surface area contributed by atoms with E-state index < -0.39 is 4.92 Å². The molecule has 3 aromatic rings. The van der Waals surface area contributed by atoms with Gasteiger partial charge >= 0.3 is 0 Å². The lowest BCUT2D eigenvalue weighted by Crippen LogP contribution is -2.27. The maximum Gasteiger partial charge on any atom is 0.298 e. The Morgan fingerprint density at radius 2 is 1.63 bits per heavy atom. The van der Waals surface area contributed by atoms with Crippen molar-refractivity contribution in [3.8, 4) is 5.69 Å². The van der Waals surface area contributed by atoms with Crippen LogP contribution in [0.3, 0.4) is 0 Å². The normalized spacial score (nSPS) is 15.3. The van der Waals surface area contributed by atoms with E-state index in [9.17, 15) is 19.7 Å². The van der Waals surface area contributed by atoms with Crippen molar-refractivity contribution in [3.05, 3.63) is 92.6 Å². The first-order chi connectivity index (χ1) is 14.4. The van der Waals surface area contributed by atoms with E-state index in [0.29, 0.717) is 10.6 Å². The van der Waals surface area contributed by atoms with Crippen LogP contribution in [0.2, 0.25) is 0 Å². The van der Waals surface area contributed by atoms with E-state index in [1.165, 1.54) is 17.0 Å². The Hall–Kier alpha value is -3.65. The van der Waals surface area contributed by atoms with E-state index >= 15 is 0 Å². The smallest absolute Gasteiger partial charge is 0.298 e. The minimum atomic E-state index is -0.437. The van der Waals surface area contributed by atoms with Crippen molar-refractivity contribution >= 4 is 40.4 Å². The molecule has 0 N–H and O–H groups in total. The molecular weight excluding hydrogens is 402 g/mol. The molecule has 2 aromatic carbocycles. The monoisotopic (exact) mass is 419 g/mol. The fourth-order valence-corrected chi connectivity index (χ4v) is 4.30. The molecule has 0 radical (unpaired) electrons. The minimum absolute atomic E-state index is 0.0241. The van der Waals surface area contributed by atoms with Gasteiger partial charge in [0.1, 0.15) is 0 Å². The van der Waals surface area contributed by atoms with Crippen LogP contribution < -0.4 is 4.90 Å². The molecule has 4 rings (SSSR count). The summed E-state index contributed by atoms with van der Waals surface area (Å²) < 4.78 is 1.96.